The van der Waals surface area contributed by atoms with Gasteiger partial charge >= 0.3 is 0 Å². The van der Waals surface area contributed by atoms with Gasteiger partial charge in [0.1, 0.15) is 13.2 Å². The van der Waals surface area contributed by atoms with Crippen LogP contribution in [0.1, 0.15) is 20.8 Å². The Balaban J connectivity index is 2.30. The van der Waals surface area contributed by atoms with E-state index in [2.05, 4.69) is 4.72 Å². The molecule has 3 N–H and O–H groups in total. The minimum Gasteiger partial charge on any atom is -0.486 e. The van der Waals surface area contributed by atoms with Crippen molar-refractivity contribution in [3.8, 4) is 11.5 Å². The molecule has 2 rings (SSSR count). The summed E-state index contributed by atoms with van der Waals surface area (Å²) in [5.74, 6) is 0.999. The molecular weight excluding hydrogens is 280 g/mol. The SMILES string of the molecule is CC(N)C(C)(C)NS(=O)(=O)c1ccc2c(c1)OCCO2. The molecule has 112 valence electrons. The van der Waals surface area contributed by atoms with Crippen molar-refractivity contribution in [2.24, 2.45) is 5.73 Å². The smallest absolute Gasteiger partial charge is 0.241 e. The second-order valence-corrected chi connectivity index (χ2v) is 7.10. The first kappa shape index (κ1) is 15.1. The molecule has 6 nitrogen and oxygen atoms in total. The summed E-state index contributed by atoms with van der Waals surface area (Å²) >= 11 is 0. The monoisotopic (exact) mass is 300 g/mol. The van der Waals surface area contributed by atoms with Gasteiger partial charge in [-0.25, -0.2) is 13.1 Å². The summed E-state index contributed by atoms with van der Waals surface area (Å²) in [6.07, 6.45) is 0. The van der Waals surface area contributed by atoms with Gasteiger partial charge in [0.25, 0.3) is 0 Å². The zero-order valence-corrected chi connectivity index (χ0v) is 12.7. The van der Waals surface area contributed by atoms with E-state index in [1.807, 2.05) is 0 Å². The number of sulfonamides is 1. The van der Waals surface area contributed by atoms with Crippen LogP contribution in [-0.2, 0) is 10.0 Å². The van der Waals surface area contributed by atoms with Gasteiger partial charge in [-0.2, -0.15) is 0 Å². The first-order chi connectivity index (χ1) is 9.22. The molecule has 0 bridgehead atoms. The number of rotatable bonds is 4. The molecule has 0 fully saturated rings. The molecule has 1 unspecified atom stereocenters. The van der Waals surface area contributed by atoms with Crippen molar-refractivity contribution in [3.05, 3.63) is 18.2 Å². The van der Waals surface area contributed by atoms with Crippen LogP contribution < -0.4 is 19.9 Å². The highest BCUT2D eigenvalue weighted by molar-refractivity contribution is 7.89. The average molecular weight is 300 g/mol. The van der Waals surface area contributed by atoms with Crippen LogP contribution in [0, 0.1) is 0 Å². The van der Waals surface area contributed by atoms with E-state index in [-0.39, 0.29) is 10.9 Å². The van der Waals surface area contributed by atoms with Crippen LogP contribution in [0.15, 0.2) is 23.1 Å². The van der Waals surface area contributed by atoms with E-state index in [4.69, 9.17) is 15.2 Å². The molecule has 1 aliphatic heterocycles. The van der Waals surface area contributed by atoms with Crippen LogP contribution in [0.3, 0.4) is 0 Å². The Bertz CT molecular complexity index is 596. The number of nitrogens with two attached hydrogens (primary N) is 1. The Morgan fingerprint density at radius 1 is 1.25 bits per heavy atom. The summed E-state index contributed by atoms with van der Waals surface area (Å²) in [4.78, 5) is 0.135. The van der Waals surface area contributed by atoms with Crippen molar-refractivity contribution in [1.82, 2.24) is 4.72 Å². The normalized spacial score (nSPS) is 16.8. The highest BCUT2D eigenvalue weighted by Gasteiger charge is 2.30. The van der Waals surface area contributed by atoms with Gasteiger partial charge in [0.05, 0.1) is 4.90 Å². The molecule has 0 saturated carbocycles. The molecule has 7 heteroatoms. The summed E-state index contributed by atoms with van der Waals surface area (Å²) < 4.78 is 38.1. The highest BCUT2D eigenvalue weighted by Crippen LogP contribution is 2.32. The number of hydrogen-bond donors (Lipinski definition) is 2. The Morgan fingerprint density at radius 3 is 2.45 bits per heavy atom. The lowest BCUT2D eigenvalue weighted by atomic mass is 9.99. The fourth-order valence-electron chi connectivity index (χ4n) is 1.69. The molecule has 0 saturated heterocycles. The molecule has 1 atom stereocenters. The van der Waals surface area contributed by atoms with Gasteiger partial charge in [-0.1, -0.05) is 0 Å². The van der Waals surface area contributed by atoms with E-state index < -0.39 is 15.6 Å². The van der Waals surface area contributed by atoms with E-state index in [1.165, 1.54) is 12.1 Å². The lowest BCUT2D eigenvalue weighted by molar-refractivity contribution is 0.171. The second kappa shape index (κ2) is 5.23. The predicted octanol–water partition coefficient (Wildman–Crippen LogP) is 0.862. The van der Waals surface area contributed by atoms with Gasteiger partial charge in [0, 0.05) is 17.6 Å². The van der Waals surface area contributed by atoms with Gasteiger partial charge in [0.15, 0.2) is 11.5 Å². The molecule has 20 heavy (non-hydrogen) atoms. The highest BCUT2D eigenvalue weighted by atomic mass is 32.2. The minimum atomic E-state index is -3.66. The topological polar surface area (TPSA) is 90.7 Å². The molecule has 1 aromatic rings. The molecule has 0 radical (unpaired) electrons. The van der Waals surface area contributed by atoms with Crippen molar-refractivity contribution < 1.29 is 17.9 Å². The van der Waals surface area contributed by atoms with Gasteiger partial charge in [-0.05, 0) is 32.9 Å². The zero-order valence-electron chi connectivity index (χ0n) is 11.8. The summed E-state index contributed by atoms with van der Waals surface area (Å²) in [5.41, 5.74) is 5.05. The first-order valence-electron chi connectivity index (χ1n) is 6.41. The van der Waals surface area contributed by atoms with Gasteiger partial charge < -0.3 is 15.2 Å². The Labute approximate surface area is 119 Å². The van der Waals surface area contributed by atoms with E-state index in [1.54, 1.807) is 26.8 Å². The second-order valence-electron chi connectivity index (χ2n) is 5.42. The van der Waals surface area contributed by atoms with Crippen molar-refractivity contribution in [2.75, 3.05) is 13.2 Å². The summed E-state index contributed by atoms with van der Waals surface area (Å²) in [7, 11) is -3.66. The Morgan fingerprint density at radius 2 is 1.85 bits per heavy atom. The summed E-state index contributed by atoms with van der Waals surface area (Å²) in [6.45, 7) is 6.12. The standard InChI is InChI=1S/C13H20N2O4S/c1-9(14)13(2,3)15-20(16,17)10-4-5-11-12(8-10)19-7-6-18-11/h4-5,8-9,15H,6-7,14H2,1-3H3. The lowest BCUT2D eigenvalue weighted by Gasteiger charge is -2.30. The number of ether oxygens (including phenoxy) is 2. The van der Waals surface area contributed by atoms with Crippen LogP contribution in [0.5, 0.6) is 11.5 Å². The number of benzene rings is 1. The molecule has 0 amide bonds. The molecule has 0 spiro atoms. The summed E-state index contributed by atoms with van der Waals surface area (Å²) in [6, 6.07) is 4.23. The van der Waals surface area contributed by atoms with Gasteiger partial charge in [-0.3, -0.25) is 0 Å². The Kier molecular flexibility index (Phi) is 3.95. The van der Waals surface area contributed by atoms with Crippen molar-refractivity contribution >= 4 is 10.0 Å². The maximum absolute atomic E-state index is 12.4. The molecule has 1 aliphatic rings. The maximum atomic E-state index is 12.4. The maximum Gasteiger partial charge on any atom is 0.241 e. The van der Waals surface area contributed by atoms with E-state index >= 15 is 0 Å². The number of hydrogen-bond acceptors (Lipinski definition) is 5. The first-order valence-corrected chi connectivity index (χ1v) is 7.90. The minimum absolute atomic E-state index is 0.135. The third-order valence-corrected chi connectivity index (χ3v) is 5.03. The number of fused-ring (bicyclic) bond motifs is 1. The fraction of sp³-hybridized carbons (Fsp3) is 0.538. The zero-order chi connectivity index (χ0) is 15.0. The van der Waals surface area contributed by atoms with E-state index in [0.717, 1.165) is 0 Å². The summed E-state index contributed by atoms with van der Waals surface area (Å²) in [5, 5.41) is 0. The largest absolute Gasteiger partial charge is 0.486 e. The van der Waals surface area contributed by atoms with Crippen LogP contribution in [0.25, 0.3) is 0 Å². The average Bonchev–Trinajstić information content (AvgIpc) is 2.36. The third-order valence-electron chi connectivity index (χ3n) is 3.36. The van der Waals surface area contributed by atoms with Crippen LogP contribution >= 0.6 is 0 Å². The van der Waals surface area contributed by atoms with Crippen molar-refractivity contribution in [3.63, 3.8) is 0 Å². The Hall–Kier alpha value is -1.31. The van der Waals surface area contributed by atoms with Crippen LogP contribution in [0.2, 0.25) is 0 Å². The van der Waals surface area contributed by atoms with Gasteiger partial charge in [0.2, 0.25) is 10.0 Å². The predicted molar refractivity (Wildman–Crippen MR) is 75.5 cm³/mol. The quantitative estimate of drug-likeness (QED) is 0.860. The van der Waals surface area contributed by atoms with Crippen LogP contribution in [-0.4, -0.2) is 33.2 Å². The van der Waals surface area contributed by atoms with Crippen molar-refractivity contribution in [2.45, 2.75) is 37.2 Å². The lowest BCUT2D eigenvalue weighted by Crippen LogP contribution is -2.54. The van der Waals surface area contributed by atoms with Crippen molar-refractivity contribution in [1.29, 1.82) is 0 Å². The number of nitrogens with one attached hydrogen (secondary N) is 1. The fourth-order valence-corrected chi connectivity index (χ4v) is 3.19. The van der Waals surface area contributed by atoms with E-state index in [0.29, 0.717) is 24.7 Å². The molecular formula is C13H20N2O4S. The van der Waals surface area contributed by atoms with E-state index in [9.17, 15) is 8.42 Å². The van der Waals surface area contributed by atoms with Gasteiger partial charge in [-0.15, -0.1) is 0 Å². The third kappa shape index (κ3) is 3.05. The molecule has 0 aliphatic carbocycles. The van der Waals surface area contributed by atoms with Crippen LogP contribution in [0.4, 0.5) is 0 Å². The molecule has 1 aromatic carbocycles. The molecule has 0 aromatic heterocycles. The molecule has 1 heterocycles.